The molecule has 0 radical (unpaired) electrons. The molecule has 0 spiro atoms. The lowest BCUT2D eigenvalue weighted by molar-refractivity contribution is -0.274. The van der Waals surface area contributed by atoms with Crippen LogP contribution in [0.25, 0.3) is 11.4 Å². The fourth-order valence-corrected chi connectivity index (χ4v) is 3.10. The maximum Gasteiger partial charge on any atom is 0.573 e. The largest absolute Gasteiger partial charge is 0.573 e. The number of hydrogen-bond donors (Lipinski definition) is 4. The maximum atomic E-state index is 12.3. The Morgan fingerprint density at radius 1 is 1.19 bits per heavy atom. The molecule has 2 heterocycles. The molecule has 1 aliphatic heterocycles. The van der Waals surface area contributed by atoms with Gasteiger partial charge in [-0.15, -0.1) is 13.2 Å². The molecule has 3 rings (SSSR count). The van der Waals surface area contributed by atoms with Crippen LogP contribution < -0.4 is 15.4 Å². The van der Waals surface area contributed by atoms with Crippen LogP contribution in [0.5, 0.6) is 5.75 Å². The van der Waals surface area contributed by atoms with Crippen LogP contribution in [0, 0.1) is 0 Å². The molecule has 10 nitrogen and oxygen atoms in total. The maximum absolute atomic E-state index is 12.3. The van der Waals surface area contributed by atoms with Gasteiger partial charge in [-0.05, 0) is 38.1 Å². The van der Waals surface area contributed by atoms with Crippen molar-refractivity contribution in [1.29, 1.82) is 0 Å². The predicted octanol–water partition coefficient (Wildman–Crippen LogP) is 1.37. The van der Waals surface area contributed by atoms with E-state index >= 15 is 0 Å². The Hall–Kier alpha value is -2.90. The molecule has 0 aliphatic carbocycles. The number of benzene rings is 1. The SMILES string of the molecule is CC(C)NC(=O)NCC1OC(Cc2nc(-c3ccc(OC(F)(F)F)cc3)no2)C(O)C1O. The summed E-state index contributed by atoms with van der Waals surface area (Å²) in [6, 6.07) is 4.41. The van der Waals surface area contributed by atoms with E-state index in [0.29, 0.717) is 5.56 Å². The van der Waals surface area contributed by atoms with E-state index in [1.807, 2.05) is 0 Å². The van der Waals surface area contributed by atoms with Crippen LogP contribution in [-0.2, 0) is 11.2 Å². The fraction of sp³-hybridized carbons (Fsp3) is 0.526. The lowest BCUT2D eigenvalue weighted by Crippen LogP contribution is -2.45. The number of ether oxygens (including phenoxy) is 2. The highest BCUT2D eigenvalue weighted by molar-refractivity contribution is 5.74. The fourth-order valence-electron chi connectivity index (χ4n) is 3.10. The van der Waals surface area contributed by atoms with Gasteiger partial charge in [0.05, 0.1) is 12.5 Å². The average molecular weight is 460 g/mol. The van der Waals surface area contributed by atoms with Crippen molar-refractivity contribution in [3.63, 3.8) is 0 Å². The topological polar surface area (TPSA) is 139 Å². The quantitative estimate of drug-likeness (QED) is 0.486. The third kappa shape index (κ3) is 6.31. The molecular formula is C19H23F3N4O6. The Morgan fingerprint density at radius 2 is 1.84 bits per heavy atom. The van der Waals surface area contributed by atoms with Gasteiger partial charge in [0.1, 0.15) is 24.1 Å². The molecule has 4 N–H and O–H groups in total. The summed E-state index contributed by atoms with van der Waals surface area (Å²) in [7, 11) is 0. The number of rotatable bonds is 7. The van der Waals surface area contributed by atoms with Crippen molar-refractivity contribution < 1.29 is 42.2 Å². The zero-order valence-corrected chi connectivity index (χ0v) is 17.2. The molecule has 176 valence electrons. The molecule has 1 aromatic carbocycles. The van der Waals surface area contributed by atoms with Crippen molar-refractivity contribution in [2.45, 2.75) is 57.1 Å². The molecule has 2 aromatic rings. The Kier molecular flexibility index (Phi) is 7.21. The lowest BCUT2D eigenvalue weighted by atomic mass is 10.1. The number of amides is 2. The number of hydrogen-bond acceptors (Lipinski definition) is 8. The number of nitrogens with one attached hydrogen (secondary N) is 2. The lowest BCUT2D eigenvalue weighted by Gasteiger charge is -2.16. The predicted molar refractivity (Wildman–Crippen MR) is 102 cm³/mol. The van der Waals surface area contributed by atoms with Crippen LogP contribution in [0.4, 0.5) is 18.0 Å². The summed E-state index contributed by atoms with van der Waals surface area (Å²) in [6.45, 7) is 3.57. The highest BCUT2D eigenvalue weighted by Gasteiger charge is 2.43. The Bertz CT molecular complexity index is 905. The van der Waals surface area contributed by atoms with Gasteiger partial charge in [-0.1, -0.05) is 5.16 Å². The van der Waals surface area contributed by atoms with Crippen molar-refractivity contribution in [3.8, 4) is 17.1 Å². The van der Waals surface area contributed by atoms with Crippen LogP contribution in [0.2, 0.25) is 0 Å². The van der Waals surface area contributed by atoms with E-state index in [1.165, 1.54) is 12.1 Å². The summed E-state index contributed by atoms with van der Waals surface area (Å²) >= 11 is 0. The molecule has 1 saturated heterocycles. The normalized spacial score (nSPS) is 23.4. The third-order valence-electron chi connectivity index (χ3n) is 4.53. The number of aromatic nitrogens is 2. The van der Waals surface area contributed by atoms with Crippen LogP contribution in [0.3, 0.4) is 0 Å². The van der Waals surface area contributed by atoms with Crippen molar-refractivity contribution in [2.24, 2.45) is 0 Å². The second-order valence-electron chi connectivity index (χ2n) is 7.49. The minimum absolute atomic E-state index is 0.0187. The summed E-state index contributed by atoms with van der Waals surface area (Å²) in [5, 5.41) is 29.4. The summed E-state index contributed by atoms with van der Waals surface area (Å²) in [4.78, 5) is 15.8. The number of halogens is 3. The van der Waals surface area contributed by atoms with E-state index in [2.05, 4.69) is 25.5 Å². The van der Waals surface area contributed by atoms with Gasteiger partial charge >= 0.3 is 12.4 Å². The van der Waals surface area contributed by atoms with Crippen LogP contribution in [0.15, 0.2) is 28.8 Å². The van der Waals surface area contributed by atoms with Crippen molar-refractivity contribution >= 4 is 6.03 Å². The molecule has 0 saturated carbocycles. The minimum Gasteiger partial charge on any atom is -0.406 e. The highest BCUT2D eigenvalue weighted by atomic mass is 19.4. The molecular weight excluding hydrogens is 437 g/mol. The van der Waals surface area contributed by atoms with Gasteiger partial charge in [0.25, 0.3) is 0 Å². The third-order valence-corrected chi connectivity index (χ3v) is 4.53. The Labute approximate surface area is 180 Å². The summed E-state index contributed by atoms with van der Waals surface area (Å²) in [6.07, 6.45) is -8.99. The van der Waals surface area contributed by atoms with Gasteiger partial charge in [0, 0.05) is 18.2 Å². The second kappa shape index (κ2) is 9.71. The van der Waals surface area contributed by atoms with E-state index in [9.17, 15) is 28.2 Å². The van der Waals surface area contributed by atoms with E-state index in [1.54, 1.807) is 13.8 Å². The Balaban J connectivity index is 1.57. The smallest absolute Gasteiger partial charge is 0.406 e. The molecule has 1 fully saturated rings. The molecule has 4 atom stereocenters. The first kappa shape index (κ1) is 23.8. The number of carbonyl (C=O) groups is 1. The van der Waals surface area contributed by atoms with Crippen LogP contribution in [0.1, 0.15) is 19.7 Å². The summed E-state index contributed by atoms with van der Waals surface area (Å²) in [5.74, 6) is -0.170. The minimum atomic E-state index is -4.79. The molecule has 13 heteroatoms. The van der Waals surface area contributed by atoms with Crippen molar-refractivity contribution in [1.82, 2.24) is 20.8 Å². The Morgan fingerprint density at radius 3 is 2.47 bits per heavy atom. The van der Waals surface area contributed by atoms with Gasteiger partial charge in [-0.25, -0.2) is 4.79 Å². The summed E-state index contributed by atoms with van der Waals surface area (Å²) in [5.41, 5.74) is 0.390. The van der Waals surface area contributed by atoms with Gasteiger partial charge in [0.2, 0.25) is 11.7 Å². The van der Waals surface area contributed by atoms with E-state index in [4.69, 9.17) is 9.26 Å². The number of aliphatic hydroxyl groups excluding tert-OH is 2. The van der Waals surface area contributed by atoms with Gasteiger partial charge in [0.15, 0.2) is 0 Å². The molecule has 0 bridgehead atoms. The monoisotopic (exact) mass is 460 g/mol. The van der Waals surface area contributed by atoms with Crippen LogP contribution >= 0.6 is 0 Å². The van der Waals surface area contributed by atoms with Gasteiger partial charge in [-0.2, -0.15) is 4.98 Å². The molecule has 32 heavy (non-hydrogen) atoms. The van der Waals surface area contributed by atoms with E-state index in [0.717, 1.165) is 12.1 Å². The molecule has 1 aromatic heterocycles. The first-order chi connectivity index (χ1) is 15.0. The first-order valence-electron chi connectivity index (χ1n) is 9.76. The van der Waals surface area contributed by atoms with Gasteiger partial charge < -0.3 is 34.8 Å². The second-order valence-corrected chi connectivity index (χ2v) is 7.49. The first-order valence-corrected chi connectivity index (χ1v) is 9.76. The highest BCUT2D eigenvalue weighted by Crippen LogP contribution is 2.27. The molecule has 4 unspecified atom stereocenters. The van der Waals surface area contributed by atoms with Crippen molar-refractivity contribution in [3.05, 3.63) is 30.2 Å². The summed E-state index contributed by atoms with van der Waals surface area (Å²) < 4.78 is 51.3. The van der Waals surface area contributed by atoms with E-state index in [-0.39, 0.29) is 36.5 Å². The number of aliphatic hydroxyl groups is 2. The number of carbonyl (C=O) groups excluding carboxylic acids is 1. The number of alkyl halides is 3. The number of urea groups is 1. The molecule has 2 amide bonds. The van der Waals surface area contributed by atoms with E-state index < -0.39 is 36.8 Å². The van der Waals surface area contributed by atoms with Gasteiger partial charge in [-0.3, -0.25) is 0 Å². The number of nitrogens with zero attached hydrogens (tertiary/aromatic N) is 2. The standard InChI is InChI=1S/C19H23F3N4O6/c1-9(2)24-18(29)23-8-13-16(28)15(27)12(30-13)7-14-25-17(26-32-14)10-3-5-11(6-4-10)31-19(20,21)22/h3-6,9,12-13,15-16,27-28H,7-8H2,1-2H3,(H2,23,24,29). The van der Waals surface area contributed by atoms with Crippen molar-refractivity contribution in [2.75, 3.05) is 6.54 Å². The van der Waals surface area contributed by atoms with Crippen LogP contribution in [-0.4, -0.2) is 69.7 Å². The average Bonchev–Trinajstić information content (AvgIpc) is 3.26. The zero-order valence-electron chi connectivity index (χ0n) is 17.2. The zero-order chi connectivity index (χ0) is 23.5. The molecule has 1 aliphatic rings.